The molecule has 1 fully saturated rings. The van der Waals surface area contributed by atoms with Crippen LogP contribution in [0.2, 0.25) is 0 Å². The van der Waals surface area contributed by atoms with E-state index in [4.69, 9.17) is 4.74 Å². The molecular weight excluding hydrogens is 434 g/mol. The maximum Gasteiger partial charge on any atom is 0.268 e. The highest BCUT2D eigenvalue weighted by Gasteiger charge is 2.47. The molecule has 2 N–H and O–H groups in total. The van der Waals surface area contributed by atoms with Crippen molar-refractivity contribution in [1.82, 2.24) is 24.2 Å². The van der Waals surface area contributed by atoms with Gasteiger partial charge in [0.05, 0.1) is 29.9 Å². The molecule has 0 unspecified atom stereocenters. The second-order valence-corrected chi connectivity index (χ2v) is 9.14. The highest BCUT2D eigenvalue weighted by molar-refractivity contribution is 5.99. The topological polar surface area (TPSA) is 101 Å². The molecule has 0 aromatic carbocycles. The lowest BCUT2D eigenvalue weighted by Gasteiger charge is -2.51. The maximum atomic E-state index is 13.1. The first kappa shape index (κ1) is 22.0. The predicted molar refractivity (Wildman–Crippen MR) is 127 cm³/mol. The summed E-state index contributed by atoms with van der Waals surface area (Å²) in [6, 6.07) is 7.09. The van der Waals surface area contributed by atoms with Crippen molar-refractivity contribution in [3.8, 4) is 11.5 Å². The number of aromatic nitrogens is 3. The van der Waals surface area contributed by atoms with Gasteiger partial charge in [0.1, 0.15) is 17.0 Å². The van der Waals surface area contributed by atoms with E-state index in [0.717, 1.165) is 16.6 Å². The van der Waals surface area contributed by atoms with Crippen LogP contribution in [0.1, 0.15) is 45.8 Å². The molecule has 1 aliphatic heterocycles. The molecule has 9 heteroatoms. The van der Waals surface area contributed by atoms with E-state index in [0.29, 0.717) is 34.8 Å². The summed E-state index contributed by atoms with van der Waals surface area (Å²) in [4.78, 5) is 27.0. The third-order valence-electron chi connectivity index (χ3n) is 6.84. The van der Waals surface area contributed by atoms with Gasteiger partial charge in [0.25, 0.3) is 11.8 Å². The quantitative estimate of drug-likeness (QED) is 0.487. The molecule has 2 atom stereocenters. The van der Waals surface area contributed by atoms with Gasteiger partial charge in [0, 0.05) is 37.1 Å². The van der Waals surface area contributed by atoms with Gasteiger partial charge in [-0.1, -0.05) is 0 Å². The normalized spacial score (nSPS) is 19.9. The number of ether oxygens (including phenoxy) is 1. The molecule has 2 amide bonds. The van der Waals surface area contributed by atoms with Gasteiger partial charge in [-0.15, -0.1) is 0 Å². The van der Waals surface area contributed by atoms with E-state index in [1.54, 1.807) is 54.1 Å². The van der Waals surface area contributed by atoms with Crippen LogP contribution in [-0.2, 0) is 0 Å². The summed E-state index contributed by atoms with van der Waals surface area (Å²) in [5, 5.41) is 17.3. The molecule has 0 aliphatic carbocycles. The lowest BCUT2D eigenvalue weighted by molar-refractivity contribution is -0.111. The molecule has 176 valence electrons. The first-order valence-electron chi connectivity index (χ1n) is 11.1. The van der Waals surface area contributed by atoms with Gasteiger partial charge in [0.2, 0.25) is 0 Å². The largest absolute Gasteiger partial charge is 0.455 e. The van der Waals surface area contributed by atoms with Gasteiger partial charge in [-0.05, 0) is 51.0 Å². The Morgan fingerprint density at radius 3 is 2.71 bits per heavy atom. The standard InChI is InChI=1S/C25H27N5O4/c1-14-10-17-11-18(7-9-28(17)21(14)23(31)26-5)34-20-6-8-27-30-12-19(15(2)22(20)30)24(32)29-13-25(4,33)16(29)3/h6-12,16,33H,13H2,1-5H3,(H,26,31)/t16-,25-/m1/s1. The summed E-state index contributed by atoms with van der Waals surface area (Å²) in [5.74, 6) is 0.873. The van der Waals surface area contributed by atoms with Crippen molar-refractivity contribution in [3.63, 3.8) is 0 Å². The zero-order valence-corrected chi connectivity index (χ0v) is 19.8. The number of carbonyl (C=O) groups is 2. The Bertz CT molecular complexity index is 1470. The third kappa shape index (κ3) is 3.23. The van der Waals surface area contributed by atoms with Gasteiger partial charge in [0.15, 0.2) is 5.75 Å². The molecular formula is C25H27N5O4. The minimum atomic E-state index is -0.872. The van der Waals surface area contributed by atoms with Crippen molar-refractivity contribution in [2.75, 3.05) is 13.6 Å². The van der Waals surface area contributed by atoms with Crippen molar-refractivity contribution in [2.45, 2.75) is 39.3 Å². The number of nitrogens with one attached hydrogen (secondary N) is 1. The monoisotopic (exact) mass is 461 g/mol. The Labute approximate surface area is 196 Å². The average Bonchev–Trinajstić information content (AvgIpc) is 3.32. The molecule has 1 saturated heterocycles. The van der Waals surface area contributed by atoms with Crippen LogP contribution in [0, 0.1) is 13.8 Å². The molecule has 0 radical (unpaired) electrons. The van der Waals surface area contributed by atoms with Crippen LogP contribution in [-0.4, -0.2) is 61.1 Å². The number of amides is 2. The SMILES string of the molecule is CNC(=O)c1c(C)cc2cc(Oc3ccnn4cc(C(=O)N5C[C@@](C)(O)[C@H]5C)c(C)c34)ccn12. The molecule has 4 aromatic heterocycles. The number of likely N-dealkylation sites (tertiary alicyclic amines) is 1. The molecule has 34 heavy (non-hydrogen) atoms. The summed E-state index contributed by atoms with van der Waals surface area (Å²) >= 11 is 0. The van der Waals surface area contributed by atoms with Crippen LogP contribution in [0.15, 0.2) is 42.9 Å². The Hall–Kier alpha value is -3.85. The molecule has 0 bridgehead atoms. The van der Waals surface area contributed by atoms with Gasteiger partial charge >= 0.3 is 0 Å². The third-order valence-corrected chi connectivity index (χ3v) is 6.84. The molecule has 0 spiro atoms. The van der Waals surface area contributed by atoms with E-state index >= 15 is 0 Å². The summed E-state index contributed by atoms with van der Waals surface area (Å²) in [7, 11) is 1.61. The van der Waals surface area contributed by atoms with E-state index in [1.807, 2.05) is 37.3 Å². The lowest BCUT2D eigenvalue weighted by Crippen LogP contribution is -2.68. The molecule has 5 heterocycles. The minimum absolute atomic E-state index is 0.139. The molecule has 1 aliphatic rings. The summed E-state index contributed by atoms with van der Waals surface area (Å²) in [6.45, 7) is 7.64. The van der Waals surface area contributed by atoms with Crippen molar-refractivity contribution >= 4 is 22.8 Å². The first-order valence-corrected chi connectivity index (χ1v) is 11.1. The van der Waals surface area contributed by atoms with Gasteiger partial charge in [-0.2, -0.15) is 5.10 Å². The number of pyridine rings is 1. The van der Waals surface area contributed by atoms with E-state index in [2.05, 4.69) is 10.4 Å². The number of rotatable bonds is 4. The Kier molecular flexibility index (Phi) is 4.91. The van der Waals surface area contributed by atoms with Crippen molar-refractivity contribution < 1.29 is 19.4 Å². The fourth-order valence-electron chi connectivity index (χ4n) is 4.65. The van der Waals surface area contributed by atoms with Crippen molar-refractivity contribution in [3.05, 3.63) is 65.2 Å². The number of β-amino-alcohol motifs (C(OH)–C–C–N with tert-alkyl or cyclic N) is 1. The van der Waals surface area contributed by atoms with Gasteiger partial charge in [-0.25, -0.2) is 4.52 Å². The fourth-order valence-corrected chi connectivity index (χ4v) is 4.65. The summed E-state index contributed by atoms with van der Waals surface area (Å²) < 4.78 is 9.69. The van der Waals surface area contributed by atoms with Crippen molar-refractivity contribution in [2.24, 2.45) is 0 Å². The zero-order chi connectivity index (χ0) is 24.4. The number of fused-ring (bicyclic) bond motifs is 2. The van der Waals surface area contributed by atoms with Crippen LogP contribution < -0.4 is 10.1 Å². The number of carbonyl (C=O) groups excluding carboxylic acids is 2. The Morgan fingerprint density at radius 1 is 1.26 bits per heavy atom. The summed E-state index contributed by atoms with van der Waals surface area (Å²) in [6.07, 6.45) is 5.13. The van der Waals surface area contributed by atoms with Crippen LogP contribution in [0.4, 0.5) is 0 Å². The van der Waals surface area contributed by atoms with Crippen LogP contribution in [0.3, 0.4) is 0 Å². The predicted octanol–water partition coefficient (Wildman–Crippen LogP) is 2.95. The van der Waals surface area contributed by atoms with Gasteiger partial charge in [-0.3, -0.25) is 9.59 Å². The van der Waals surface area contributed by atoms with E-state index < -0.39 is 5.60 Å². The molecule has 0 saturated carbocycles. The molecule has 4 aromatic rings. The van der Waals surface area contributed by atoms with Crippen molar-refractivity contribution in [1.29, 1.82) is 0 Å². The number of aliphatic hydroxyl groups is 1. The first-order chi connectivity index (χ1) is 16.1. The fraction of sp³-hybridized carbons (Fsp3) is 0.320. The van der Waals surface area contributed by atoms with Gasteiger partial charge < -0.3 is 24.5 Å². The molecule has 9 nitrogen and oxygen atoms in total. The minimum Gasteiger partial charge on any atom is -0.455 e. The van der Waals surface area contributed by atoms with E-state index in [1.165, 1.54) is 0 Å². The lowest BCUT2D eigenvalue weighted by atomic mass is 9.86. The van der Waals surface area contributed by atoms with Crippen LogP contribution in [0.25, 0.3) is 11.0 Å². The summed E-state index contributed by atoms with van der Waals surface area (Å²) in [5.41, 5.74) is 3.39. The van der Waals surface area contributed by atoms with E-state index in [9.17, 15) is 14.7 Å². The van der Waals surface area contributed by atoms with Crippen LogP contribution in [0.5, 0.6) is 11.5 Å². The second kappa shape index (κ2) is 7.59. The van der Waals surface area contributed by atoms with E-state index in [-0.39, 0.29) is 17.9 Å². The zero-order valence-electron chi connectivity index (χ0n) is 19.8. The Morgan fingerprint density at radius 2 is 2.03 bits per heavy atom. The Balaban J connectivity index is 1.50. The molecule has 5 rings (SSSR count). The number of hydrogen-bond donors (Lipinski definition) is 2. The van der Waals surface area contributed by atoms with Crippen LogP contribution >= 0.6 is 0 Å². The average molecular weight is 462 g/mol. The number of nitrogens with zero attached hydrogens (tertiary/aromatic N) is 4. The number of hydrogen-bond acceptors (Lipinski definition) is 5. The smallest absolute Gasteiger partial charge is 0.268 e. The second-order valence-electron chi connectivity index (χ2n) is 9.14. The number of aryl methyl sites for hydroxylation is 2. The highest BCUT2D eigenvalue weighted by Crippen LogP contribution is 2.34. The maximum absolute atomic E-state index is 13.1. The highest BCUT2D eigenvalue weighted by atomic mass is 16.5.